The van der Waals surface area contributed by atoms with Gasteiger partial charge in [0, 0.05) is 5.56 Å². The van der Waals surface area contributed by atoms with E-state index >= 15 is 0 Å². The van der Waals surface area contributed by atoms with Crippen molar-refractivity contribution in [2.45, 2.75) is 13.0 Å². The van der Waals surface area contributed by atoms with Crippen molar-refractivity contribution in [2.75, 3.05) is 20.8 Å². The quantitative estimate of drug-likeness (QED) is 0.726. The van der Waals surface area contributed by atoms with Crippen molar-refractivity contribution in [2.24, 2.45) is 0 Å². The van der Waals surface area contributed by atoms with Crippen LogP contribution < -0.4 is 14.8 Å². The van der Waals surface area contributed by atoms with Crippen LogP contribution in [0.15, 0.2) is 36.4 Å². The summed E-state index contributed by atoms with van der Waals surface area (Å²) in [6.07, 6.45) is 0. The molecule has 0 fully saturated rings. The number of hydrogen-bond donors (Lipinski definition) is 1. The summed E-state index contributed by atoms with van der Waals surface area (Å²) in [4.78, 5) is 24.1. The first-order valence-corrected chi connectivity index (χ1v) is 8.37. The number of methoxy groups -OCH3 is 2. The van der Waals surface area contributed by atoms with Crippen LogP contribution in [-0.4, -0.2) is 32.7 Å². The van der Waals surface area contributed by atoms with Crippen molar-refractivity contribution in [1.82, 2.24) is 5.32 Å². The highest BCUT2D eigenvalue weighted by Crippen LogP contribution is 2.29. The SMILES string of the molecule is COc1ccc(OC)c(C(C)NC(=O)COC(=O)c2ccc(F)cc2Cl)c1. The van der Waals surface area contributed by atoms with E-state index in [4.69, 9.17) is 25.8 Å². The van der Waals surface area contributed by atoms with Gasteiger partial charge in [-0.05, 0) is 43.3 Å². The maximum absolute atomic E-state index is 13.0. The zero-order chi connectivity index (χ0) is 20.0. The molecule has 2 aromatic carbocycles. The van der Waals surface area contributed by atoms with Crippen LogP contribution in [-0.2, 0) is 9.53 Å². The summed E-state index contributed by atoms with van der Waals surface area (Å²) >= 11 is 5.80. The predicted molar refractivity (Wildman–Crippen MR) is 97.8 cm³/mol. The molecule has 2 aromatic rings. The van der Waals surface area contributed by atoms with Crippen LogP contribution >= 0.6 is 11.6 Å². The van der Waals surface area contributed by atoms with Gasteiger partial charge in [-0.1, -0.05) is 11.6 Å². The fraction of sp³-hybridized carbons (Fsp3) is 0.263. The molecule has 0 radical (unpaired) electrons. The van der Waals surface area contributed by atoms with E-state index in [0.29, 0.717) is 17.1 Å². The molecule has 1 N–H and O–H groups in total. The van der Waals surface area contributed by atoms with Gasteiger partial charge in [-0.2, -0.15) is 0 Å². The molecule has 2 rings (SSSR count). The normalized spacial score (nSPS) is 11.4. The van der Waals surface area contributed by atoms with Gasteiger partial charge in [-0.25, -0.2) is 9.18 Å². The zero-order valence-corrected chi connectivity index (χ0v) is 15.8. The second kappa shape index (κ2) is 9.23. The van der Waals surface area contributed by atoms with Gasteiger partial charge in [-0.15, -0.1) is 0 Å². The summed E-state index contributed by atoms with van der Waals surface area (Å²) in [5.74, 6) is -0.709. The Morgan fingerprint density at radius 2 is 1.89 bits per heavy atom. The van der Waals surface area contributed by atoms with Gasteiger partial charge in [0.2, 0.25) is 0 Å². The molecule has 1 unspecified atom stereocenters. The summed E-state index contributed by atoms with van der Waals surface area (Å²) in [6.45, 7) is 1.25. The zero-order valence-electron chi connectivity index (χ0n) is 15.0. The Kier molecular flexibility index (Phi) is 7.01. The third-order valence-corrected chi connectivity index (χ3v) is 4.08. The topological polar surface area (TPSA) is 73.9 Å². The number of halogens is 2. The van der Waals surface area contributed by atoms with E-state index in [-0.39, 0.29) is 10.6 Å². The van der Waals surface area contributed by atoms with Crippen LogP contribution in [0.4, 0.5) is 4.39 Å². The standard InChI is InChI=1S/C19H19ClFNO5/c1-11(15-9-13(25-2)5-7-17(15)26-3)22-18(23)10-27-19(24)14-6-4-12(21)8-16(14)20/h4-9,11H,10H2,1-3H3,(H,22,23). The molecule has 0 saturated heterocycles. The average Bonchev–Trinajstić information content (AvgIpc) is 2.65. The second-order valence-corrected chi connectivity index (χ2v) is 6.00. The summed E-state index contributed by atoms with van der Waals surface area (Å²) in [6, 6.07) is 8.07. The molecule has 0 heterocycles. The molecule has 0 spiro atoms. The molecule has 27 heavy (non-hydrogen) atoms. The predicted octanol–water partition coefficient (Wildman–Crippen LogP) is 3.53. The van der Waals surface area contributed by atoms with E-state index in [1.807, 2.05) is 0 Å². The molecule has 0 saturated carbocycles. The van der Waals surface area contributed by atoms with Crippen molar-refractivity contribution < 1.29 is 28.2 Å². The van der Waals surface area contributed by atoms with Crippen molar-refractivity contribution in [3.63, 3.8) is 0 Å². The Balaban J connectivity index is 1.98. The molecule has 8 heteroatoms. The van der Waals surface area contributed by atoms with Gasteiger partial charge in [0.1, 0.15) is 17.3 Å². The number of rotatable bonds is 7. The van der Waals surface area contributed by atoms with Crippen molar-refractivity contribution in [1.29, 1.82) is 0 Å². The highest BCUT2D eigenvalue weighted by Gasteiger charge is 2.18. The van der Waals surface area contributed by atoms with Gasteiger partial charge >= 0.3 is 5.97 Å². The minimum absolute atomic E-state index is 0.0200. The number of hydrogen-bond acceptors (Lipinski definition) is 5. The first-order valence-electron chi connectivity index (χ1n) is 7.99. The average molecular weight is 396 g/mol. The lowest BCUT2D eigenvalue weighted by Gasteiger charge is -2.18. The lowest BCUT2D eigenvalue weighted by Crippen LogP contribution is -2.31. The summed E-state index contributed by atoms with van der Waals surface area (Å²) in [5.41, 5.74) is 0.687. The molecular weight excluding hydrogens is 377 g/mol. The number of ether oxygens (including phenoxy) is 3. The summed E-state index contributed by atoms with van der Waals surface area (Å²) in [5, 5.41) is 2.62. The number of carbonyl (C=O) groups is 2. The van der Waals surface area contributed by atoms with Crippen molar-refractivity contribution >= 4 is 23.5 Å². The fourth-order valence-corrected chi connectivity index (χ4v) is 2.65. The van der Waals surface area contributed by atoms with Crippen LogP contribution in [0.3, 0.4) is 0 Å². The molecule has 0 aromatic heterocycles. The maximum Gasteiger partial charge on any atom is 0.340 e. The molecule has 1 amide bonds. The van der Waals surface area contributed by atoms with E-state index < -0.39 is 30.3 Å². The minimum atomic E-state index is -0.818. The van der Waals surface area contributed by atoms with Crippen LogP contribution in [0.5, 0.6) is 11.5 Å². The Hall–Kier alpha value is -2.80. The third kappa shape index (κ3) is 5.34. The van der Waals surface area contributed by atoms with E-state index in [2.05, 4.69) is 5.32 Å². The molecule has 0 aliphatic rings. The number of nitrogens with one attached hydrogen (secondary N) is 1. The second-order valence-electron chi connectivity index (χ2n) is 5.60. The number of amides is 1. The van der Waals surface area contributed by atoms with Crippen LogP contribution in [0.25, 0.3) is 0 Å². The van der Waals surface area contributed by atoms with Crippen LogP contribution in [0, 0.1) is 5.82 Å². The highest BCUT2D eigenvalue weighted by atomic mass is 35.5. The first kappa shape index (κ1) is 20.5. The molecule has 144 valence electrons. The Bertz CT molecular complexity index is 843. The molecule has 0 aliphatic carbocycles. The monoisotopic (exact) mass is 395 g/mol. The Morgan fingerprint density at radius 1 is 1.15 bits per heavy atom. The third-order valence-electron chi connectivity index (χ3n) is 3.77. The number of benzene rings is 2. The van der Waals surface area contributed by atoms with E-state index in [1.54, 1.807) is 25.1 Å². The molecular formula is C19H19ClFNO5. The van der Waals surface area contributed by atoms with E-state index in [9.17, 15) is 14.0 Å². The van der Waals surface area contributed by atoms with E-state index in [1.165, 1.54) is 20.3 Å². The van der Waals surface area contributed by atoms with Gasteiger partial charge < -0.3 is 19.5 Å². The Labute approximate surface area is 161 Å². The number of carbonyl (C=O) groups excluding carboxylic acids is 2. The van der Waals surface area contributed by atoms with Crippen LogP contribution in [0.1, 0.15) is 28.9 Å². The highest BCUT2D eigenvalue weighted by molar-refractivity contribution is 6.33. The lowest BCUT2D eigenvalue weighted by atomic mass is 10.1. The molecule has 0 bridgehead atoms. The van der Waals surface area contributed by atoms with Gasteiger partial charge in [-0.3, -0.25) is 4.79 Å². The molecule has 6 nitrogen and oxygen atoms in total. The lowest BCUT2D eigenvalue weighted by molar-refractivity contribution is -0.124. The fourth-order valence-electron chi connectivity index (χ4n) is 2.40. The molecule has 1 atom stereocenters. The van der Waals surface area contributed by atoms with Crippen LogP contribution in [0.2, 0.25) is 5.02 Å². The number of esters is 1. The van der Waals surface area contributed by atoms with Gasteiger partial charge in [0.05, 0.1) is 30.8 Å². The smallest absolute Gasteiger partial charge is 0.340 e. The van der Waals surface area contributed by atoms with Gasteiger partial charge in [0.15, 0.2) is 6.61 Å². The minimum Gasteiger partial charge on any atom is -0.497 e. The van der Waals surface area contributed by atoms with Crippen molar-refractivity contribution in [3.05, 3.63) is 58.4 Å². The Morgan fingerprint density at radius 3 is 2.52 bits per heavy atom. The van der Waals surface area contributed by atoms with Crippen molar-refractivity contribution in [3.8, 4) is 11.5 Å². The van der Waals surface area contributed by atoms with Gasteiger partial charge in [0.25, 0.3) is 5.91 Å². The molecule has 0 aliphatic heterocycles. The largest absolute Gasteiger partial charge is 0.497 e. The summed E-state index contributed by atoms with van der Waals surface area (Å²) in [7, 11) is 3.06. The maximum atomic E-state index is 13.0. The van der Waals surface area contributed by atoms with E-state index in [0.717, 1.165) is 12.1 Å². The first-order chi connectivity index (χ1) is 12.8. The summed E-state index contributed by atoms with van der Waals surface area (Å²) < 4.78 is 28.4.